The summed E-state index contributed by atoms with van der Waals surface area (Å²) in [4.78, 5) is 14.4. The van der Waals surface area contributed by atoms with Crippen LogP contribution < -0.4 is 10.6 Å². The monoisotopic (exact) mass is 252 g/mol. The van der Waals surface area contributed by atoms with Crippen LogP contribution in [0.5, 0.6) is 0 Å². The zero-order valence-corrected chi connectivity index (χ0v) is 11.1. The molecule has 0 aromatic heterocycles. The van der Waals surface area contributed by atoms with E-state index in [1.807, 2.05) is 26.0 Å². The second kappa shape index (κ2) is 6.20. The van der Waals surface area contributed by atoms with Crippen molar-refractivity contribution in [3.63, 3.8) is 0 Å². The van der Waals surface area contributed by atoms with Gasteiger partial charge >= 0.3 is 0 Å². The lowest BCUT2D eigenvalue weighted by molar-refractivity contribution is -0.383. The first-order valence-electron chi connectivity index (χ1n) is 5.81. The van der Waals surface area contributed by atoms with Crippen LogP contribution in [0.25, 0.3) is 0 Å². The Bertz CT molecular complexity index is 421. The molecule has 1 aromatic rings. The van der Waals surface area contributed by atoms with Gasteiger partial charge in [-0.3, -0.25) is 10.1 Å². The molecule has 100 valence electrons. The highest BCUT2D eigenvalue weighted by atomic mass is 16.6. The maximum atomic E-state index is 10.7. The van der Waals surface area contributed by atoms with E-state index < -0.39 is 4.92 Å². The molecule has 0 bridgehead atoms. The third kappa shape index (κ3) is 3.89. The minimum atomic E-state index is -0.467. The van der Waals surface area contributed by atoms with Gasteiger partial charge in [0.1, 0.15) is 5.69 Å². The fourth-order valence-corrected chi connectivity index (χ4v) is 1.70. The SMILES string of the molecule is CN(C)CCCN(C)c1ccc([N+](=O)[O-])c(N)c1. The van der Waals surface area contributed by atoms with Gasteiger partial charge < -0.3 is 15.5 Å². The van der Waals surface area contributed by atoms with Crippen LogP contribution in [-0.4, -0.2) is 44.1 Å². The zero-order valence-electron chi connectivity index (χ0n) is 11.1. The molecule has 6 heteroatoms. The fourth-order valence-electron chi connectivity index (χ4n) is 1.70. The van der Waals surface area contributed by atoms with Crippen LogP contribution in [0.2, 0.25) is 0 Å². The van der Waals surface area contributed by atoms with Crippen LogP contribution in [0, 0.1) is 10.1 Å². The Hall–Kier alpha value is -1.82. The number of anilines is 2. The predicted molar refractivity (Wildman–Crippen MR) is 73.9 cm³/mol. The van der Waals surface area contributed by atoms with Crippen molar-refractivity contribution in [1.29, 1.82) is 0 Å². The Labute approximate surface area is 107 Å². The van der Waals surface area contributed by atoms with Gasteiger partial charge in [-0.15, -0.1) is 0 Å². The van der Waals surface area contributed by atoms with E-state index in [4.69, 9.17) is 5.73 Å². The lowest BCUT2D eigenvalue weighted by Crippen LogP contribution is -2.23. The summed E-state index contributed by atoms with van der Waals surface area (Å²) in [7, 11) is 6.02. The molecule has 0 aliphatic carbocycles. The molecule has 1 rings (SSSR count). The summed E-state index contributed by atoms with van der Waals surface area (Å²) < 4.78 is 0. The molecule has 0 saturated carbocycles. The van der Waals surface area contributed by atoms with Gasteiger partial charge in [-0.1, -0.05) is 0 Å². The van der Waals surface area contributed by atoms with Crippen molar-refractivity contribution in [3.8, 4) is 0 Å². The molecular formula is C12H20N4O2. The quantitative estimate of drug-likeness (QED) is 0.472. The molecule has 0 unspecified atom stereocenters. The van der Waals surface area contributed by atoms with Gasteiger partial charge in [0, 0.05) is 25.3 Å². The Kier molecular flexibility index (Phi) is 4.91. The van der Waals surface area contributed by atoms with Crippen molar-refractivity contribution in [2.24, 2.45) is 0 Å². The van der Waals surface area contributed by atoms with Crippen molar-refractivity contribution in [1.82, 2.24) is 4.90 Å². The first-order chi connectivity index (χ1) is 8.41. The molecule has 2 N–H and O–H groups in total. The summed E-state index contributed by atoms with van der Waals surface area (Å²) in [6.45, 7) is 1.89. The van der Waals surface area contributed by atoms with E-state index in [2.05, 4.69) is 4.90 Å². The Morgan fingerprint density at radius 2 is 1.94 bits per heavy atom. The number of rotatable bonds is 6. The Balaban J connectivity index is 2.66. The second-order valence-corrected chi connectivity index (χ2v) is 4.58. The van der Waals surface area contributed by atoms with Gasteiger partial charge in [0.25, 0.3) is 5.69 Å². The van der Waals surface area contributed by atoms with Gasteiger partial charge in [-0.25, -0.2) is 0 Å². The molecule has 0 atom stereocenters. The van der Waals surface area contributed by atoms with Gasteiger partial charge in [0.05, 0.1) is 4.92 Å². The Morgan fingerprint density at radius 3 is 2.44 bits per heavy atom. The first-order valence-corrected chi connectivity index (χ1v) is 5.81. The number of nitrogens with two attached hydrogens (primary N) is 1. The minimum absolute atomic E-state index is 0.0413. The average molecular weight is 252 g/mol. The van der Waals surface area contributed by atoms with Crippen LogP contribution >= 0.6 is 0 Å². The minimum Gasteiger partial charge on any atom is -0.393 e. The van der Waals surface area contributed by atoms with E-state index >= 15 is 0 Å². The van der Waals surface area contributed by atoms with Gasteiger partial charge in [-0.05, 0) is 39.2 Å². The number of nitro benzene ring substituents is 1. The highest BCUT2D eigenvalue weighted by molar-refractivity contribution is 5.66. The molecule has 18 heavy (non-hydrogen) atoms. The lowest BCUT2D eigenvalue weighted by atomic mass is 10.2. The maximum absolute atomic E-state index is 10.7. The van der Waals surface area contributed by atoms with Crippen LogP contribution in [0.15, 0.2) is 18.2 Å². The fraction of sp³-hybridized carbons (Fsp3) is 0.500. The highest BCUT2D eigenvalue weighted by Gasteiger charge is 2.12. The molecule has 0 radical (unpaired) electrons. The standard InChI is InChI=1S/C12H20N4O2/c1-14(2)7-4-8-15(3)10-5-6-12(16(17)18)11(13)9-10/h5-6,9H,4,7-8,13H2,1-3H3. The maximum Gasteiger partial charge on any atom is 0.292 e. The van der Waals surface area contributed by atoms with Gasteiger partial charge in [0.2, 0.25) is 0 Å². The van der Waals surface area contributed by atoms with E-state index in [0.717, 1.165) is 25.2 Å². The molecule has 0 saturated heterocycles. The summed E-state index contributed by atoms with van der Waals surface area (Å²) in [5, 5.41) is 10.7. The van der Waals surface area contributed by atoms with Crippen molar-refractivity contribution < 1.29 is 4.92 Å². The van der Waals surface area contributed by atoms with E-state index in [-0.39, 0.29) is 11.4 Å². The highest BCUT2D eigenvalue weighted by Crippen LogP contribution is 2.26. The molecule has 0 aliphatic rings. The van der Waals surface area contributed by atoms with Crippen LogP contribution in [0.1, 0.15) is 6.42 Å². The summed E-state index contributed by atoms with van der Waals surface area (Å²) in [5.41, 5.74) is 6.72. The number of benzene rings is 1. The zero-order chi connectivity index (χ0) is 13.7. The van der Waals surface area contributed by atoms with Crippen LogP contribution in [0.3, 0.4) is 0 Å². The summed E-state index contributed by atoms with van der Waals surface area (Å²) in [5.74, 6) is 0. The third-order valence-electron chi connectivity index (χ3n) is 2.75. The van der Waals surface area contributed by atoms with Gasteiger partial charge in [0.15, 0.2) is 0 Å². The van der Waals surface area contributed by atoms with Crippen molar-refractivity contribution in [3.05, 3.63) is 28.3 Å². The molecule has 0 aliphatic heterocycles. The molecule has 0 amide bonds. The number of hydrogen-bond donors (Lipinski definition) is 1. The second-order valence-electron chi connectivity index (χ2n) is 4.58. The van der Waals surface area contributed by atoms with E-state index in [9.17, 15) is 10.1 Å². The summed E-state index contributed by atoms with van der Waals surface area (Å²) in [6, 6.07) is 4.82. The van der Waals surface area contributed by atoms with Crippen molar-refractivity contribution in [2.75, 3.05) is 44.9 Å². The molecule has 0 heterocycles. The molecule has 0 fully saturated rings. The average Bonchev–Trinajstić information content (AvgIpc) is 2.27. The number of hydrogen-bond acceptors (Lipinski definition) is 5. The number of nitro groups is 1. The van der Waals surface area contributed by atoms with Gasteiger partial charge in [-0.2, -0.15) is 0 Å². The van der Waals surface area contributed by atoms with Crippen LogP contribution in [-0.2, 0) is 0 Å². The molecule has 6 nitrogen and oxygen atoms in total. The number of nitrogens with zero attached hydrogens (tertiary/aromatic N) is 3. The predicted octanol–water partition coefficient (Wildman–Crippen LogP) is 1.56. The first kappa shape index (κ1) is 14.2. The lowest BCUT2D eigenvalue weighted by Gasteiger charge is -2.20. The summed E-state index contributed by atoms with van der Waals surface area (Å²) in [6.07, 6.45) is 1.03. The smallest absolute Gasteiger partial charge is 0.292 e. The van der Waals surface area contributed by atoms with E-state index in [1.54, 1.807) is 12.1 Å². The summed E-state index contributed by atoms with van der Waals surface area (Å²) >= 11 is 0. The topological polar surface area (TPSA) is 75.6 Å². The van der Waals surface area contributed by atoms with Crippen LogP contribution in [0.4, 0.5) is 17.1 Å². The Morgan fingerprint density at radius 1 is 1.28 bits per heavy atom. The molecular weight excluding hydrogens is 232 g/mol. The normalized spacial score (nSPS) is 10.7. The largest absolute Gasteiger partial charge is 0.393 e. The van der Waals surface area contributed by atoms with E-state index in [0.29, 0.717) is 0 Å². The molecule has 1 aromatic carbocycles. The number of nitrogen functional groups attached to an aromatic ring is 1. The molecule has 0 spiro atoms. The van der Waals surface area contributed by atoms with Crippen molar-refractivity contribution >= 4 is 17.1 Å². The van der Waals surface area contributed by atoms with Crippen molar-refractivity contribution in [2.45, 2.75) is 6.42 Å². The third-order valence-corrected chi connectivity index (χ3v) is 2.75. The van der Waals surface area contributed by atoms with E-state index in [1.165, 1.54) is 6.07 Å².